The molecule has 1 heterocycles. The highest BCUT2D eigenvalue weighted by Gasteiger charge is 2.37. The van der Waals surface area contributed by atoms with Gasteiger partial charge < -0.3 is 19.5 Å². The van der Waals surface area contributed by atoms with E-state index in [-0.39, 0.29) is 18.4 Å². The smallest absolute Gasteiger partial charge is 0.249 e. The summed E-state index contributed by atoms with van der Waals surface area (Å²) in [5.74, 6) is 0.683. The van der Waals surface area contributed by atoms with Crippen molar-refractivity contribution < 1.29 is 23.8 Å². The predicted molar refractivity (Wildman–Crippen MR) is 153 cm³/mol. The van der Waals surface area contributed by atoms with Crippen LogP contribution < -0.4 is 24.4 Å². The van der Waals surface area contributed by atoms with E-state index in [1.54, 1.807) is 42.5 Å². The minimum atomic E-state index is -1.11. The third-order valence-electron chi connectivity index (χ3n) is 6.13. The molecule has 0 fully saturated rings. The Labute approximate surface area is 233 Å². The molecule has 1 atom stereocenters. The van der Waals surface area contributed by atoms with Crippen molar-refractivity contribution >= 4 is 28.5 Å². The first-order valence-electron chi connectivity index (χ1n) is 13.0. The van der Waals surface area contributed by atoms with Crippen molar-refractivity contribution in [2.45, 2.75) is 45.8 Å². The molecule has 4 aromatic rings. The molecule has 0 aliphatic rings. The summed E-state index contributed by atoms with van der Waals surface area (Å²) in [6.45, 7) is 7.90. The number of ether oxygens (including phenoxy) is 3. The Bertz CT molecular complexity index is 1480. The van der Waals surface area contributed by atoms with E-state index in [4.69, 9.17) is 14.2 Å². The lowest BCUT2D eigenvalue weighted by molar-refractivity contribution is -0.128. The van der Waals surface area contributed by atoms with Crippen LogP contribution in [0.15, 0.2) is 66.7 Å². The highest BCUT2D eigenvalue weighted by atomic mass is 16.5. The van der Waals surface area contributed by atoms with E-state index in [1.165, 1.54) is 23.8 Å². The summed E-state index contributed by atoms with van der Waals surface area (Å²) in [4.78, 5) is 29.8. The van der Waals surface area contributed by atoms with Crippen molar-refractivity contribution in [3.63, 3.8) is 0 Å². The molecule has 4 rings (SSSR count). The zero-order valence-electron chi connectivity index (χ0n) is 23.7. The largest absolute Gasteiger partial charge is 0.494 e. The maximum atomic E-state index is 14.3. The number of amides is 2. The molecule has 0 aliphatic carbocycles. The Hall–Kier alpha value is -4.60. The van der Waals surface area contributed by atoms with Gasteiger partial charge in [-0.25, -0.2) is 4.68 Å². The molecule has 0 bridgehead atoms. The van der Waals surface area contributed by atoms with Crippen LogP contribution in [0.25, 0.3) is 11.0 Å². The van der Waals surface area contributed by atoms with Gasteiger partial charge in [0.1, 0.15) is 23.9 Å². The standard InChI is InChI=1S/C30H35N5O5/c1-7-40-21-17-15-20(16-18-21)35(26(36)19-34-24-13-9-8-12-23(24)32-33-34)27(29(37)31-30(2,3)4)22-11-10-14-25(38-5)28(22)39-6/h8-18,27H,7,19H2,1-6H3,(H,31,37)/t27-/m0/s1. The molecule has 210 valence electrons. The van der Waals surface area contributed by atoms with Gasteiger partial charge in [0.05, 0.1) is 26.3 Å². The molecule has 0 saturated heterocycles. The number of benzene rings is 3. The number of hydrogen-bond donors (Lipinski definition) is 1. The topological polar surface area (TPSA) is 108 Å². The molecule has 3 aromatic carbocycles. The fourth-order valence-corrected chi connectivity index (χ4v) is 4.51. The molecule has 2 amide bonds. The quantitative estimate of drug-likeness (QED) is 0.312. The average molecular weight is 546 g/mol. The molecule has 0 unspecified atom stereocenters. The molecule has 10 nitrogen and oxygen atoms in total. The van der Waals surface area contributed by atoms with Crippen LogP contribution in [-0.4, -0.2) is 53.2 Å². The highest BCUT2D eigenvalue weighted by molar-refractivity contribution is 6.02. The van der Waals surface area contributed by atoms with Gasteiger partial charge in [-0.05, 0) is 70.2 Å². The molecule has 0 spiro atoms. The van der Waals surface area contributed by atoms with Gasteiger partial charge in [0, 0.05) is 16.8 Å². The van der Waals surface area contributed by atoms with E-state index in [2.05, 4.69) is 15.6 Å². The minimum Gasteiger partial charge on any atom is -0.494 e. The van der Waals surface area contributed by atoms with E-state index >= 15 is 0 Å². The molecule has 0 saturated carbocycles. The molecule has 0 aliphatic heterocycles. The number of rotatable bonds is 10. The Morgan fingerprint density at radius 3 is 2.35 bits per heavy atom. The zero-order chi connectivity index (χ0) is 28.9. The summed E-state index contributed by atoms with van der Waals surface area (Å²) in [7, 11) is 3.03. The lowest BCUT2D eigenvalue weighted by Crippen LogP contribution is -2.50. The van der Waals surface area contributed by atoms with Crippen molar-refractivity contribution in [1.82, 2.24) is 20.3 Å². The second kappa shape index (κ2) is 12.1. The Morgan fingerprint density at radius 2 is 1.70 bits per heavy atom. The monoisotopic (exact) mass is 545 g/mol. The molecule has 1 aromatic heterocycles. The van der Waals surface area contributed by atoms with Crippen molar-refractivity contribution in [2.24, 2.45) is 0 Å². The molecule has 40 heavy (non-hydrogen) atoms. The van der Waals surface area contributed by atoms with Gasteiger partial charge in [-0.3, -0.25) is 14.5 Å². The number of carbonyl (C=O) groups excluding carboxylic acids is 2. The van der Waals surface area contributed by atoms with Gasteiger partial charge in [-0.2, -0.15) is 0 Å². The van der Waals surface area contributed by atoms with Crippen molar-refractivity contribution in [1.29, 1.82) is 0 Å². The molecule has 10 heteroatoms. The number of hydrogen-bond acceptors (Lipinski definition) is 7. The van der Waals surface area contributed by atoms with E-state index in [0.29, 0.717) is 46.1 Å². The van der Waals surface area contributed by atoms with E-state index < -0.39 is 11.6 Å². The van der Waals surface area contributed by atoms with Crippen molar-refractivity contribution in [3.8, 4) is 17.2 Å². The van der Waals surface area contributed by atoms with Crippen LogP contribution in [-0.2, 0) is 16.1 Å². The van der Waals surface area contributed by atoms with Gasteiger partial charge in [0.2, 0.25) is 11.8 Å². The van der Waals surface area contributed by atoms with Crippen LogP contribution in [0.1, 0.15) is 39.3 Å². The summed E-state index contributed by atoms with van der Waals surface area (Å²) in [6, 6.07) is 18.6. The maximum absolute atomic E-state index is 14.3. The van der Waals surface area contributed by atoms with Gasteiger partial charge in [0.15, 0.2) is 11.5 Å². The number of nitrogens with zero attached hydrogens (tertiary/aromatic N) is 4. The molecular formula is C30H35N5O5. The van der Waals surface area contributed by atoms with Gasteiger partial charge >= 0.3 is 0 Å². The zero-order valence-corrected chi connectivity index (χ0v) is 23.7. The highest BCUT2D eigenvalue weighted by Crippen LogP contribution is 2.39. The summed E-state index contributed by atoms with van der Waals surface area (Å²) >= 11 is 0. The number of fused-ring (bicyclic) bond motifs is 1. The van der Waals surface area contributed by atoms with Gasteiger partial charge in [-0.15, -0.1) is 5.10 Å². The first-order valence-corrected chi connectivity index (χ1v) is 13.0. The normalized spacial score (nSPS) is 12.1. The molecular weight excluding hydrogens is 510 g/mol. The average Bonchev–Trinajstić information content (AvgIpc) is 3.33. The van der Waals surface area contributed by atoms with Crippen LogP contribution in [0.3, 0.4) is 0 Å². The van der Waals surface area contributed by atoms with E-state index in [0.717, 1.165) is 0 Å². The summed E-state index contributed by atoms with van der Waals surface area (Å²) in [6.07, 6.45) is 0. The SMILES string of the molecule is CCOc1ccc(N(C(=O)Cn2nnc3ccccc32)[C@H](C(=O)NC(C)(C)C)c2cccc(OC)c2OC)cc1. The first kappa shape index (κ1) is 28.4. The van der Waals surface area contributed by atoms with Gasteiger partial charge in [-0.1, -0.05) is 29.5 Å². The fraction of sp³-hybridized carbons (Fsp3) is 0.333. The minimum absolute atomic E-state index is 0.153. The lowest BCUT2D eigenvalue weighted by Gasteiger charge is -2.34. The number of methoxy groups -OCH3 is 2. The van der Waals surface area contributed by atoms with Crippen LogP contribution >= 0.6 is 0 Å². The number of aromatic nitrogens is 3. The predicted octanol–water partition coefficient (Wildman–Crippen LogP) is 4.54. The number of nitrogens with one attached hydrogen (secondary N) is 1. The second-order valence-corrected chi connectivity index (χ2v) is 10.2. The summed E-state index contributed by atoms with van der Waals surface area (Å²) in [5, 5.41) is 11.4. The van der Waals surface area contributed by atoms with Crippen LogP contribution in [0.4, 0.5) is 5.69 Å². The van der Waals surface area contributed by atoms with E-state index in [1.807, 2.05) is 52.0 Å². The Kier molecular flexibility index (Phi) is 8.57. The number of anilines is 1. The van der Waals surface area contributed by atoms with Gasteiger partial charge in [0.25, 0.3) is 0 Å². The summed E-state index contributed by atoms with van der Waals surface area (Å²) < 4.78 is 18.4. The second-order valence-electron chi connectivity index (χ2n) is 10.2. The maximum Gasteiger partial charge on any atom is 0.249 e. The first-order chi connectivity index (χ1) is 19.2. The van der Waals surface area contributed by atoms with E-state index in [9.17, 15) is 9.59 Å². The van der Waals surface area contributed by atoms with Crippen LogP contribution in [0, 0.1) is 0 Å². The Balaban J connectivity index is 1.89. The van der Waals surface area contributed by atoms with Crippen molar-refractivity contribution in [2.75, 3.05) is 25.7 Å². The third kappa shape index (κ3) is 6.17. The Morgan fingerprint density at radius 1 is 0.975 bits per heavy atom. The number of para-hydroxylation sites is 2. The van der Waals surface area contributed by atoms with Crippen molar-refractivity contribution in [3.05, 3.63) is 72.3 Å². The van der Waals surface area contributed by atoms with Crippen LogP contribution in [0.2, 0.25) is 0 Å². The fourth-order valence-electron chi connectivity index (χ4n) is 4.51. The molecule has 1 N–H and O–H groups in total. The van der Waals surface area contributed by atoms with Crippen LogP contribution in [0.5, 0.6) is 17.2 Å². The third-order valence-corrected chi connectivity index (χ3v) is 6.13. The number of carbonyl (C=O) groups is 2. The summed E-state index contributed by atoms with van der Waals surface area (Å²) in [5.41, 5.74) is 1.76. The lowest BCUT2D eigenvalue weighted by atomic mass is 9.99. The molecule has 0 radical (unpaired) electrons.